The molecule has 3 fully saturated rings. The second kappa shape index (κ2) is 8.70. The van der Waals surface area contributed by atoms with Gasteiger partial charge < -0.3 is 9.80 Å². The normalized spacial score (nSPS) is 26.9. The van der Waals surface area contributed by atoms with Crippen molar-refractivity contribution in [1.29, 1.82) is 0 Å². The Morgan fingerprint density at radius 3 is 2.55 bits per heavy atom. The van der Waals surface area contributed by atoms with Gasteiger partial charge in [-0.05, 0) is 49.8 Å². The molecule has 1 aromatic rings. The zero-order valence-electron chi connectivity index (χ0n) is 16.9. The maximum absolute atomic E-state index is 13.4. The van der Waals surface area contributed by atoms with Gasteiger partial charge in [0.2, 0.25) is 10.0 Å². The van der Waals surface area contributed by atoms with Crippen LogP contribution in [0, 0.1) is 11.7 Å². The Labute approximate surface area is 172 Å². The molecule has 3 aliphatic rings. The maximum atomic E-state index is 13.4. The van der Waals surface area contributed by atoms with Gasteiger partial charge in [-0.1, -0.05) is 18.9 Å². The number of hydrogen-bond donors (Lipinski definition) is 1. The minimum absolute atomic E-state index is 0.00585. The summed E-state index contributed by atoms with van der Waals surface area (Å²) in [6, 6.07) is 5.57. The van der Waals surface area contributed by atoms with Crippen LogP contribution in [0.4, 0.5) is 4.39 Å². The average Bonchev–Trinajstić information content (AvgIpc) is 2.73. The van der Waals surface area contributed by atoms with E-state index in [1.165, 1.54) is 48.2 Å². The molecule has 0 aromatic heterocycles. The predicted octanol–water partition coefficient (Wildman–Crippen LogP) is 0.896. The monoisotopic (exact) mass is 424 g/mol. The SMILES string of the molecule is O=C(C[NH+]1CCN(S(=O)(=O)c2cccc(F)c2)CC1)N1CCC[C@@H]2CCCC[C@@H]21. The van der Waals surface area contributed by atoms with E-state index in [4.69, 9.17) is 0 Å². The molecule has 0 unspecified atom stereocenters. The molecular formula is C21H31FN3O3S+. The molecule has 0 spiro atoms. The minimum Gasteiger partial charge on any atom is -0.335 e. The van der Waals surface area contributed by atoms with Crippen molar-refractivity contribution in [1.82, 2.24) is 9.21 Å². The minimum atomic E-state index is -3.69. The van der Waals surface area contributed by atoms with Gasteiger partial charge in [0.25, 0.3) is 5.91 Å². The van der Waals surface area contributed by atoms with E-state index >= 15 is 0 Å². The van der Waals surface area contributed by atoms with Gasteiger partial charge in [-0.3, -0.25) is 4.79 Å². The number of halogens is 1. The Balaban J connectivity index is 1.33. The zero-order valence-corrected chi connectivity index (χ0v) is 17.7. The summed E-state index contributed by atoms with van der Waals surface area (Å²) in [5.74, 6) is 0.339. The average molecular weight is 425 g/mol. The number of nitrogens with one attached hydrogen (secondary N) is 1. The van der Waals surface area contributed by atoms with Crippen LogP contribution in [0.5, 0.6) is 0 Å². The Kier molecular flexibility index (Phi) is 6.22. The molecule has 160 valence electrons. The predicted molar refractivity (Wildman–Crippen MR) is 107 cm³/mol. The first-order valence-electron chi connectivity index (χ1n) is 10.8. The smallest absolute Gasteiger partial charge is 0.278 e. The fourth-order valence-corrected chi connectivity index (χ4v) is 6.72. The Bertz CT molecular complexity index is 837. The molecule has 2 aliphatic heterocycles. The highest BCUT2D eigenvalue weighted by Gasteiger charge is 2.38. The Morgan fingerprint density at radius 2 is 1.79 bits per heavy atom. The number of fused-ring (bicyclic) bond motifs is 1. The molecule has 1 amide bonds. The summed E-state index contributed by atoms with van der Waals surface area (Å²) in [7, 11) is -3.69. The van der Waals surface area contributed by atoms with Crippen LogP contribution < -0.4 is 4.90 Å². The van der Waals surface area contributed by atoms with Crippen LogP contribution in [0.2, 0.25) is 0 Å². The third-order valence-corrected chi connectivity index (χ3v) is 8.72. The van der Waals surface area contributed by atoms with E-state index in [1.807, 2.05) is 0 Å². The quantitative estimate of drug-likeness (QED) is 0.781. The second-order valence-electron chi connectivity index (χ2n) is 8.63. The van der Waals surface area contributed by atoms with Crippen LogP contribution >= 0.6 is 0 Å². The number of piperidine rings is 1. The molecule has 1 saturated carbocycles. The summed E-state index contributed by atoms with van der Waals surface area (Å²) < 4.78 is 40.3. The lowest BCUT2D eigenvalue weighted by Gasteiger charge is -2.44. The number of carbonyl (C=O) groups is 1. The maximum Gasteiger partial charge on any atom is 0.278 e. The molecule has 6 nitrogen and oxygen atoms in total. The Morgan fingerprint density at radius 1 is 1.07 bits per heavy atom. The summed E-state index contributed by atoms with van der Waals surface area (Å²) in [6.07, 6.45) is 7.23. The fourth-order valence-electron chi connectivity index (χ4n) is 5.25. The van der Waals surface area contributed by atoms with E-state index in [0.717, 1.165) is 30.4 Å². The van der Waals surface area contributed by atoms with Crippen molar-refractivity contribution in [2.45, 2.75) is 49.5 Å². The van der Waals surface area contributed by atoms with Crippen molar-refractivity contribution in [3.8, 4) is 0 Å². The number of hydrogen-bond acceptors (Lipinski definition) is 3. The van der Waals surface area contributed by atoms with Gasteiger partial charge in [-0.2, -0.15) is 4.31 Å². The number of rotatable bonds is 4. The van der Waals surface area contributed by atoms with Crippen molar-refractivity contribution in [2.24, 2.45) is 5.92 Å². The van der Waals surface area contributed by atoms with Gasteiger partial charge in [0.1, 0.15) is 5.82 Å². The first kappa shape index (κ1) is 20.8. The molecule has 29 heavy (non-hydrogen) atoms. The summed E-state index contributed by atoms with van der Waals surface area (Å²) in [4.78, 5) is 16.2. The molecule has 2 saturated heterocycles. The summed E-state index contributed by atoms with van der Waals surface area (Å²) in [5.41, 5.74) is 0. The number of likely N-dealkylation sites (tertiary alicyclic amines) is 1. The van der Waals surface area contributed by atoms with E-state index in [9.17, 15) is 17.6 Å². The van der Waals surface area contributed by atoms with E-state index in [-0.39, 0.29) is 10.8 Å². The lowest BCUT2D eigenvalue weighted by Crippen LogP contribution is -3.15. The summed E-state index contributed by atoms with van der Waals surface area (Å²) >= 11 is 0. The molecule has 0 bridgehead atoms. The summed E-state index contributed by atoms with van der Waals surface area (Å²) in [6.45, 7) is 3.22. The van der Waals surface area contributed by atoms with Crippen LogP contribution in [-0.4, -0.2) is 68.8 Å². The zero-order chi connectivity index (χ0) is 20.4. The third kappa shape index (κ3) is 4.49. The van der Waals surface area contributed by atoms with Gasteiger partial charge in [-0.15, -0.1) is 0 Å². The van der Waals surface area contributed by atoms with Gasteiger partial charge in [0.05, 0.1) is 31.1 Å². The number of quaternary nitrogens is 1. The van der Waals surface area contributed by atoms with Crippen LogP contribution in [0.1, 0.15) is 38.5 Å². The molecule has 1 aliphatic carbocycles. The highest BCUT2D eigenvalue weighted by atomic mass is 32.2. The topological polar surface area (TPSA) is 62.1 Å². The number of nitrogens with zero attached hydrogens (tertiary/aromatic N) is 2. The van der Waals surface area contributed by atoms with Gasteiger partial charge in [0, 0.05) is 12.6 Å². The van der Waals surface area contributed by atoms with Crippen molar-refractivity contribution in [3.05, 3.63) is 30.1 Å². The van der Waals surface area contributed by atoms with E-state index in [2.05, 4.69) is 4.90 Å². The highest BCUT2D eigenvalue weighted by molar-refractivity contribution is 7.89. The van der Waals surface area contributed by atoms with Gasteiger partial charge in [0.15, 0.2) is 6.54 Å². The lowest BCUT2D eigenvalue weighted by molar-refractivity contribution is -0.896. The van der Waals surface area contributed by atoms with Crippen molar-refractivity contribution < 1.29 is 22.5 Å². The number of amides is 1. The molecular weight excluding hydrogens is 393 g/mol. The van der Waals surface area contributed by atoms with Crippen LogP contribution in [-0.2, 0) is 14.8 Å². The first-order valence-corrected chi connectivity index (χ1v) is 12.3. The van der Waals surface area contributed by atoms with E-state index in [1.54, 1.807) is 0 Å². The first-order chi connectivity index (χ1) is 13.9. The molecule has 0 radical (unpaired) electrons. The second-order valence-corrected chi connectivity index (χ2v) is 10.6. The molecule has 1 N–H and O–H groups in total. The van der Waals surface area contributed by atoms with Crippen LogP contribution in [0.15, 0.2) is 29.2 Å². The van der Waals surface area contributed by atoms with E-state index in [0.29, 0.717) is 44.7 Å². The largest absolute Gasteiger partial charge is 0.335 e. The van der Waals surface area contributed by atoms with Crippen molar-refractivity contribution in [2.75, 3.05) is 39.3 Å². The summed E-state index contributed by atoms with van der Waals surface area (Å²) in [5, 5.41) is 0. The van der Waals surface area contributed by atoms with Crippen LogP contribution in [0.25, 0.3) is 0 Å². The lowest BCUT2D eigenvalue weighted by atomic mass is 9.78. The standard InChI is InChI=1S/C21H30FN3O3S/c22-18-7-3-8-19(15-18)29(27,28)24-13-11-23(12-14-24)16-21(26)25-10-4-6-17-5-1-2-9-20(17)25/h3,7-8,15,17,20H,1-2,4-6,9-14,16H2/p+1/t17-,20-/m0/s1. The highest BCUT2D eigenvalue weighted by Crippen LogP contribution is 2.35. The molecule has 2 heterocycles. The Hall–Kier alpha value is -1.51. The van der Waals surface area contributed by atoms with Gasteiger partial charge >= 0.3 is 0 Å². The van der Waals surface area contributed by atoms with Crippen molar-refractivity contribution in [3.63, 3.8) is 0 Å². The van der Waals surface area contributed by atoms with E-state index < -0.39 is 15.8 Å². The number of carbonyl (C=O) groups excluding carboxylic acids is 1. The number of piperazine rings is 1. The number of sulfonamides is 1. The fraction of sp³-hybridized carbons (Fsp3) is 0.667. The van der Waals surface area contributed by atoms with Crippen LogP contribution in [0.3, 0.4) is 0 Å². The molecule has 8 heteroatoms. The molecule has 2 atom stereocenters. The third-order valence-electron chi connectivity index (χ3n) is 6.83. The number of benzene rings is 1. The van der Waals surface area contributed by atoms with Crippen molar-refractivity contribution >= 4 is 15.9 Å². The van der Waals surface area contributed by atoms with Gasteiger partial charge in [-0.25, -0.2) is 12.8 Å². The molecule has 4 rings (SSSR count). The molecule has 1 aromatic carbocycles.